The van der Waals surface area contributed by atoms with Crippen molar-refractivity contribution in [3.8, 4) is 0 Å². The van der Waals surface area contributed by atoms with Crippen LogP contribution in [0.2, 0.25) is 0 Å². The Morgan fingerprint density at radius 2 is 1.05 bits per heavy atom. The molecule has 0 bridgehead atoms. The van der Waals surface area contributed by atoms with Gasteiger partial charge in [0, 0.05) is 6.92 Å². The van der Waals surface area contributed by atoms with Crippen LogP contribution in [0.15, 0.2) is 0 Å². The van der Waals surface area contributed by atoms with Crippen LogP contribution >= 0.6 is 0 Å². The Bertz CT molecular complexity index is 213. The predicted octanol–water partition coefficient (Wildman–Crippen LogP) is 3.15. The molecule has 0 aromatic heterocycles. The van der Waals surface area contributed by atoms with Crippen molar-refractivity contribution in [2.75, 3.05) is 6.61 Å². The largest absolute Gasteiger partial charge is 1.00 e. The normalized spacial score (nSPS) is 10.2. The summed E-state index contributed by atoms with van der Waals surface area (Å²) in [7, 11) is 0. The van der Waals surface area contributed by atoms with Gasteiger partial charge in [-0.15, -0.1) is 0 Å². The predicted molar refractivity (Wildman–Crippen MR) is 88.1 cm³/mol. The Morgan fingerprint density at radius 1 is 0.714 bits per heavy atom. The van der Waals surface area contributed by atoms with Crippen molar-refractivity contribution in [2.45, 2.75) is 104 Å². The summed E-state index contributed by atoms with van der Waals surface area (Å²) in [6.07, 6.45) is 19.0. The molecule has 2 nitrogen and oxygen atoms in total. The van der Waals surface area contributed by atoms with Crippen LogP contribution in [0.25, 0.3) is 0 Å². The van der Waals surface area contributed by atoms with Crippen molar-refractivity contribution in [1.29, 1.82) is 0 Å². The van der Waals surface area contributed by atoms with Gasteiger partial charge in [-0.25, -0.2) is 0 Å². The molecule has 0 aliphatic rings. The van der Waals surface area contributed by atoms with Gasteiger partial charge in [0.1, 0.15) is 0 Å². The van der Waals surface area contributed by atoms with E-state index in [2.05, 4.69) is 6.92 Å². The monoisotopic (exact) mass is 324 g/mol. The molecule has 0 fully saturated rings. The third-order valence-electron chi connectivity index (χ3n) is 3.80. The first-order chi connectivity index (χ1) is 9.77. The molecule has 0 aromatic carbocycles. The van der Waals surface area contributed by atoms with Crippen LogP contribution in [0.1, 0.15) is 105 Å². The maximum Gasteiger partial charge on any atom is 1.00 e. The first-order valence-electron chi connectivity index (χ1n) is 8.90. The molecule has 0 aromatic rings. The van der Waals surface area contributed by atoms with Crippen LogP contribution < -0.4 is 51.4 Å². The van der Waals surface area contributed by atoms with Gasteiger partial charge in [-0.05, 0) is 6.42 Å². The molecule has 21 heavy (non-hydrogen) atoms. The van der Waals surface area contributed by atoms with Crippen molar-refractivity contribution in [1.82, 2.24) is 0 Å². The average Bonchev–Trinajstić information content (AvgIpc) is 2.43. The van der Waals surface area contributed by atoms with Gasteiger partial charge < -0.3 is 6.16 Å². The first kappa shape index (κ1) is 24.4. The van der Waals surface area contributed by atoms with E-state index < -0.39 is 0 Å². The first-order valence-corrected chi connectivity index (χ1v) is 8.90. The second kappa shape index (κ2) is 21.1. The molecule has 0 N–H and O–H groups in total. The number of esters is 1. The standard InChI is InChI=1S/C18H36O2.K.H/c1-3-4-5-6-7-8-9-10-11-12-13-14-15-16-17-20-18(2)19;;/h3-17H2,1-2H3;;/q;+1;-1. The minimum atomic E-state index is -0.153. The Balaban J connectivity index is -0.00000180. The molecular weight excluding hydrogens is 287 g/mol. The fourth-order valence-electron chi connectivity index (χ4n) is 2.51. The number of hydrogen-bond donors (Lipinski definition) is 0. The number of hydrogen-bond acceptors (Lipinski definition) is 2. The van der Waals surface area contributed by atoms with Crippen LogP contribution in [-0.2, 0) is 9.53 Å². The van der Waals surface area contributed by atoms with Crippen LogP contribution in [0.4, 0.5) is 0 Å². The van der Waals surface area contributed by atoms with E-state index in [9.17, 15) is 4.79 Å². The van der Waals surface area contributed by atoms with E-state index in [1.165, 1.54) is 90.4 Å². The number of carbonyl (C=O) groups excluding carboxylic acids is 1. The Kier molecular flexibility index (Phi) is 24.5. The second-order valence-corrected chi connectivity index (χ2v) is 5.94. The van der Waals surface area contributed by atoms with Crippen molar-refractivity contribution in [3.63, 3.8) is 0 Å². The molecule has 3 heteroatoms. The van der Waals surface area contributed by atoms with Crippen LogP contribution in [-0.4, -0.2) is 12.6 Å². The summed E-state index contributed by atoms with van der Waals surface area (Å²) in [6, 6.07) is 0. The maximum atomic E-state index is 10.6. The molecule has 0 saturated heterocycles. The summed E-state index contributed by atoms with van der Waals surface area (Å²) in [5, 5.41) is 0. The molecule has 0 unspecified atom stereocenters. The maximum absolute atomic E-state index is 10.6. The van der Waals surface area contributed by atoms with Crippen molar-refractivity contribution in [2.24, 2.45) is 0 Å². The zero-order valence-corrected chi connectivity index (χ0v) is 18.0. The molecule has 0 aliphatic heterocycles. The average molecular weight is 325 g/mol. The van der Waals surface area contributed by atoms with Crippen molar-refractivity contribution >= 4 is 5.97 Å². The number of rotatable bonds is 15. The molecular formula is C18H37KO2. The molecule has 0 amide bonds. The Labute approximate surface area is 177 Å². The summed E-state index contributed by atoms with van der Waals surface area (Å²) in [5.41, 5.74) is 0. The Hall–Kier alpha value is 1.11. The molecule has 0 saturated carbocycles. The summed E-state index contributed by atoms with van der Waals surface area (Å²) < 4.78 is 4.91. The molecule has 0 atom stereocenters. The summed E-state index contributed by atoms with van der Waals surface area (Å²) in [6.45, 7) is 4.35. The van der Waals surface area contributed by atoms with E-state index >= 15 is 0 Å². The zero-order valence-electron chi connectivity index (χ0n) is 15.9. The van der Waals surface area contributed by atoms with E-state index in [0.29, 0.717) is 6.61 Å². The van der Waals surface area contributed by atoms with Gasteiger partial charge in [-0.2, -0.15) is 0 Å². The van der Waals surface area contributed by atoms with Crippen LogP contribution in [0.3, 0.4) is 0 Å². The Morgan fingerprint density at radius 3 is 1.38 bits per heavy atom. The minimum absolute atomic E-state index is 0. The topological polar surface area (TPSA) is 26.3 Å². The molecule has 0 aliphatic carbocycles. The van der Waals surface area contributed by atoms with E-state index in [1.807, 2.05) is 0 Å². The molecule has 122 valence electrons. The van der Waals surface area contributed by atoms with E-state index in [4.69, 9.17) is 4.74 Å². The second-order valence-electron chi connectivity index (χ2n) is 5.94. The quantitative estimate of drug-likeness (QED) is 0.263. The van der Waals surface area contributed by atoms with Crippen molar-refractivity contribution in [3.05, 3.63) is 0 Å². The molecule has 0 rings (SSSR count). The summed E-state index contributed by atoms with van der Waals surface area (Å²) >= 11 is 0. The molecule has 0 spiro atoms. The summed E-state index contributed by atoms with van der Waals surface area (Å²) in [4.78, 5) is 10.6. The fraction of sp³-hybridized carbons (Fsp3) is 0.944. The molecule has 0 radical (unpaired) electrons. The summed E-state index contributed by atoms with van der Waals surface area (Å²) in [5.74, 6) is -0.153. The van der Waals surface area contributed by atoms with Gasteiger partial charge in [0.25, 0.3) is 0 Å². The van der Waals surface area contributed by atoms with Gasteiger partial charge in [0.2, 0.25) is 0 Å². The van der Waals surface area contributed by atoms with Crippen LogP contribution in [0.5, 0.6) is 0 Å². The van der Waals surface area contributed by atoms with E-state index in [1.54, 1.807) is 0 Å². The minimum Gasteiger partial charge on any atom is -1.00 e. The number of carbonyl (C=O) groups is 1. The smallest absolute Gasteiger partial charge is 1.00 e. The van der Waals surface area contributed by atoms with Crippen LogP contribution in [0, 0.1) is 0 Å². The zero-order chi connectivity index (χ0) is 14.9. The fourth-order valence-corrected chi connectivity index (χ4v) is 2.51. The number of unbranched alkanes of at least 4 members (excludes halogenated alkanes) is 13. The van der Waals surface area contributed by atoms with Gasteiger partial charge in [0.05, 0.1) is 6.61 Å². The van der Waals surface area contributed by atoms with Crippen molar-refractivity contribution < 1.29 is 62.3 Å². The van der Waals surface area contributed by atoms with Gasteiger partial charge in [-0.3, -0.25) is 4.79 Å². The van der Waals surface area contributed by atoms with Gasteiger partial charge in [-0.1, -0.05) is 90.4 Å². The van der Waals surface area contributed by atoms with Gasteiger partial charge in [0.15, 0.2) is 0 Å². The third-order valence-corrected chi connectivity index (χ3v) is 3.80. The SMILES string of the molecule is CCCCCCCCCCCCCCCCOC(C)=O.[H-].[K+]. The van der Waals surface area contributed by atoms with E-state index in [0.717, 1.165) is 6.42 Å². The van der Waals surface area contributed by atoms with Gasteiger partial charge >= 0.3 is 57.4 Å². The molecule has 0 heterocycles. The number of ether oxygens (including phenoxy) is 1. The van der Waals surface area contributed by atoms with E-state index in [-0.39, 0.29) is 58.8 Å². The third kappa shape index (κ3) is 23.5.